The summed E-state index contributed by atoms with van der Waals surface area (Å²) in [6, 6.07) is 10.6. The van der Waals surface area contributed by atoms with E-state index in [1.807, 2.05) is 6.07 Å². The quantitative estimate of drug-likeness (QED) is 0.755. The molecule has 8 heteroatoms. The average molecular weight is 365 g/mol. The van der Waals surface area contributed by atoms with E-state index in [0.717, 1.165) is 18.9 Å². The predicted molar refractivity (Wildman–Crippen MR) is 102 cm³/mol. The standard InChI is InChI=1S/C19H19N5O3/c1-23-19(26)15-5-3-2-4-14(15)17(22-23)18(25)21-13-6-7-16(20-12-13)24-8-10-27-11-9-24/h2-7,12H,8-11H2,1H3,(H,21,25). The molecule has 1 N–H and O–H groups in total. The zero-order valence-corrected chi connectivity index (χ0v) is 14.9. The van der Waals surface area contributed by atoms with Crippen LogP contribution < -0.4 is 15.8 Å². The Balaban J connectivity index is 1.58. The van der Waals surface area contributed by atoms with E-state index in [-0.39, 0.29) is 17.2 Å². The summed E-state index contributed by atoms with van der Waals surface area (Å²) in [5, 5.41) is 7.93. The molecule has 0 aliphatic carbocycles. The van der Waals surface area contributed by atoms with Crippen LogP contribution >= 0.6 is 0 Å². The number of anilines is 2. The van der Waals surface area contributed by atoms with Gasteiger partial charge in [0, 0.05) is 25.5 Å². The molecule has 0 radical (unpaired) electrons. The van der Waals surface area contributed by atoms with Crippen molar-refractivity contribution in [3.8, 4) is 0 Å². The Kier molecular flexibility index (Phi) is 4.55. The number of rotatable bonds is 3. The summed E-state index contributed by atoms with van der Waals surface area (Å²) in [6.45, 7) is 2.97. The molecule has 1 aromatic carbocycles. The Bertz CT molecular complexity index is 1040. The van der Waals surface area contributed by atoms with Crippen LogP contribution in [0.2, 0.25) is 0 Å². The summed E-state index contributed by atoms with van der Waals surface area (Å²) in [7, 11) is 1.53. The van der Waals surface area contributed by atoms with Crippen molar-refractivity contribution in [2.24, 2.45) is 7.05 Å². The van der Waals surface area contributed by atoms with Gasteiger partial charge in [-0.15, -0.1) is 0 Å². The molecule has 4 rings (SSSR count). The highest BCUT2D eigenvalue weighted by Crippen LogP contribution is 2.18. The van der Waals surface area contributed by atoms with Crippen LogP contribution in [0.15, 0.2) is 47.4 Å². The molecule has 27 heavy (non-hydrogen) atoms. The number of morpholine rings is 1. The molecule has 138 valence electrons. The molecule has 0 unspecified atom stereocenters. The number of ether oxygens (including phenoxy) is 1. The maximum Gasteiger partial charge on any atom is 0.276 e. The van der Waals surface area contributed by atoms with Crippen molar-refractivity contribution in [1.29, 1.82) is 0 Å². The van der Waals surface area contributed by atoms with Gasteiger partial charge in [-0.2, -0.15) is 5.10 Å². The molecule has 1 fully saturated rings. The molecule has 1 saturated heterocycles. The molecular formula is C19H19N5O3. The van der Waals surface area contributed by atoms with E-state index in [9.17, 15) is 9.59 Å². The molecule has 0 atom stereocenters. The maximum atomic E-state index is 12.7. The molecule has 1 aliphatic heterocycles. The third kappa shape index (κ3) is 3.39. The largest absolute Gasteiger partial charge is 0.378 e. The molecule has 3 heterocycles. The Hall–Kier alpha value is -3.26. The maximum absolute atomic E-state index is 12.7. The second-order valence-electron chi connectivity index (χ2n) is 6.28. The third-order valence-corrected chi connectivity index (χ3v) is 4.51. The predicted octanol–water partition coefficient (Wildman–Crippen LogP) is 1.42. The molecular weight excluding hydrogens is 346 g/mol. The number of fused-ring (bicyclic) bond motifs is 1. The van der Waals surface area contributed by atoms with E-state index >= 15 is 0 Å². The highest BCUT2D eigenvalue weighted by atomic mass is 16.5. The monoisotopic (exact) mass is 365 g/mol. The van der Waals surface area contributed by atoms with Crippen LogP contribution in [0.5, 0.6) is 0 Å². The van der Waals surface area contributed by atoms with Crippen molar-refractivity contribution in [3.05, 3.63) is 58.6 Å². The number of nitrogens with one attached hydrogen (secondary N) is 1. The van der Waals surface area contributed by atoms with E-state index in [1.165, 1.54) is 11.7 Å². The van der Waals surface area contributed by atoms with Crippen LogP contribution in [0, 0.1) is 0 Å². The SMILES string of the molecule is Cn1nc(C(=O)Nc2ccc(N3CCOCC3)nc2)c2ccccc2c1=O. The van der Waals surface area contributed by atoms with Gasteiger partial charge in [0.05, 0.1) is 30.5 Å². The lowest BCUT2D eigenvalue weighted by atomic mass is 10.1. The van der Waals surface area contributed by atoms with Gasteiger partial charge in [0.15, 0.2) is 5.69 Å². The fourth-order valence-corrected chi connectivity index (χ4v) is 3.10. The first-order chi connectivity index (χ1) is 13.1. The lowest BCUT2D eigenvalue weighted by Gasteiger charge is -2.27. The first-order valence-corrected chi connectivity index (χ1v) is 8.69. The summed E-state index contributed by atoms with van der Waals surface area (Å²) >= 11 is 0. The summed E-state index contributed by atoms with van der Waals surface area (Å²) in [6.07, 6.45) is 1.62. The fourth-order valence-electron chi connectivity index (χ4n) is 3.10. The van der Waals surface area contributed by atoms with Crippen molar-refractivity contribution < 1.29 is 9.53 Å². The van der Waals surface area contributed by atoms with Crippen LogP contribution in [-0.4, -0.2) is 47.0 Å². The highest BCUT2D eigenvalue weighted by molar-refractivity contribution is 6.11. The lowest BCUT2D eigenvalue weighted by molar-refractivity contribution is 0.102. The van der Waals surface area contributed by atoms with E-state index in [2.05, 4.69) is 20.3 Å². The van der Waals surface area contributed by atoms with Gasteiger partial charge in [-0.05, 0) is 18.2 Å². The number of amides is 1. The van der Waals surface area contributed by atoms with E-state index in [4.69, 9.17) is 4.74 Å². The van der Waals surface area contributed by atoms with Crippen molar-refractivity contribution in [1.82, 2.24) is 14.8 Å². The summed E-state index contributed by atoms with van der Waals surface area (Å²) in [5.41, 5.74) is 0.528. The van der Waals surface area contributed by atoms with Gasteiger partial charge in [-0.3, -0.25) is 9.59 Å². The van der Waals surface area contributed by atoms with E-state index in [0.29, 0.717) is 29.7 Å². The fraction of sp³-hybridized carbons (Fsp3) is 0.263. The van der Waals surface area contributed by atoms with Crippen LogP contribution in [0.3, 0.4) is 0 Å². The van der Waals surface area contributed by atoms with Gasteiger partial charge >= 0.3 is 0 Å². The topological polar surface area (TPSA) is 89.3 Å². The van der Waals surface area contributed by atoms with Gasteiger partial charge < -0.3 is 15.0 Å². The summed E-state index contributed by atoms with van der Waals surface area (Å²) < 4.78 is 6.52. The van der Waals surface area contributed by atoms with E-state index < -0.39 is 0 Å². The first kappa shape index (κ1) is 17.2. The smallest absolute Gasteiger partial charge is 0.276 e. The van der Waals surface area contributed by atoms with Gasteiger partial charge in [0.1, 0.15) is 5.82 Å². The van der Waals surface area contributed by atoms with Gasteiger partial charge in [0.2, 0.25) is 0 Å². The number of hydrogen-bond donors (Lipinski definition) is 1. The Morgan fingerprint density at radius 3 is 2.56 bits per heavy atom. The Morgan fingerprint density at radius 2 is 1.85 bits per heavy atom. The van der Waals surface area contributed by atoms with E-state index in [1.54, 1.807) is 36.5 Å². The molecule has 0 spiro atoms. The van der Waals surface area contributed by atoms with Crippen LogP contribution in [-0.2, 0) is 11.8 Å². The number of hydrogen-bond acceptors (Lipinski definition) is 6. The molecule has 0 bridgehead atoms. The number of carbonyl (C=O) groups excluding carboxylic acids is 1. The number of nitrogens with zero attached hydrogens (tertiary/aromatic N) is 4. The van der Waals surface area contributed by atoms with Gasteiger partial charge in [-0.1, -0.05) is 18.2 Å². The summed E-state index contributed by atoms with van der Waals surface area (Å²) in [4.78, 5) is 31.5. The zero-order chi connectivity index (χ0) is 18.8. The number of benzene rings is 1. The highest BCUT2D eigenvalue weighted by Gasteiger charge is 2.16. The van der Waals surface area contributed by atoms with Crippen molar-refractivity contribution in [3.63, 3.8) is 0 Å². The van der Waals surface area contributed by atoms with Crippen LogP contribution in [0.25, 0.3) is 10.8 Å². The second-order valence-corrected chi connectivity index (χ2v) is 6.28. The number of aromatic nitrogens is 3. The van der Waals surface area contributed by atoms with Gasteiger partial charge in [-0.25, -0.2) is 9.67 Å². The number of pyridine rings is 1. The van der Waals surface area contributed by atoms with Crippen molar-refractivity contribution >= 4 is 28.2 Å². The van der Waals surface area contributed by atoms with Crippen molar-refractivity contribution in [2.45, 2.75) is 0 Å². The molecule has 3 aromatic rings. The van der Waals surface area contributed by atoms with Crippen LogP contribution in [0.1, 0.15) is 10.5 Å². The normalized spacial score (nSPS) is 14.3. The average Bonchev–Trinajstić information content (AvgIpc) is 2.72. The third-order valence-electron chi connectivity index (χ3n) is 4.51. The lowest BCUT2D eigenvalue weighted by Crippen LogP contribution is -2.36. The first-order valence-electron chi connectivity index (χ1n) is 8.69. The second kappa shape index (κ2) is 7.16. The molecule has 1 amide bonds. The Labute approximate surface area is 155 Å². The minimum atomic E-state index is -0.386. The number of carbonyl (C=O) groups is 1. The summed E-state index contributed by atoms with van der Waals surface area (Å²) in [5.74, 6) is 0.463. The minimum Gasteiger partial charge on any atom is -0.378 e. The Morgan fingerprint density at radius 1 is 1.11 bits per heavy atom. The zero-order valence-electron chi connectivity index (χ0n) is 14.9. The van der Waals surface area contributed by atoms with Crippen LogP contribution in [0.4, 0.5) is 11.5 Å². The number of aryl methyl sites for hydroxylation is 1. The van der Waals surface area contributed by atoms with Gasteiger partial charge in [0.25, 0.3) is 11.5 Å². The molecule has 0 saturated carbocycles. The molecule has 1 aliphatic rings. The van der Waals surface area contributed by atoms with Crippen molar-refractivity contribution in [2.75, 3.05) is 36.5 Å². The molecule has 2 aromatic heterocycles. The molecule has 8 nitrogen and oxygen atoms in total. The minimum absolute atomic E-state index is 0.199.